The molecule has 0 bridgehead atoms. The average molecular weight is 425 g/mol. The van der Waals surface area contributed by atoms with Crippen molar-refractivity contribution in [2.24, 2.45) is 4.99 Å². The number of benzene rings is 2. The maximum atomic E-state index is 5.35. The van der Waals surface area contributed by atoms with Crippen molar-refractivity contribution in [2.75, 3.05) is 25.3 Å². The van der Waals surface area contributed by atoms with Gasteiger partial charge in [-0.3, -0.25) is 19.4 Å². The third-order valence-corrected chi connectivity index (χ3v) is 5.90. The molecule has 0 aliphatic carbocycles. The highest BCUT2D eigenvalue weighted by Crippen LogP contribution is 2.34. The van der Waals surface area contributed by atoms with E-state index < -0.39 is 0 Å². The predicted molar refractivity (Wildman–Crippen MR) is 123 cm³/mol. The number of aliphatic imine (C=N–C) groups is 1. The van der Waals surface area contributed by atoms with Gasteiger partial charge in [-0.2, -0.15) is 0 Å². The van der Waals surface area contributed by atoms with Crippen molar-refractivity contribution in [1.82, 2.24) is 24.8 Å². The first-order chi connectivity index (χ1) is 15.8. The zero-order valence-electron chi connectivity index (χ0n) is 17.7. The number of ether oxygens (including phenoxy) is 1. The smallest absolute Gasteiger partial charge is 0.216 e. The largest absolute Gasteiger partial charge is 0.497 e. The van der Waals surface area contributed by atoms with Crippen LogP contribution in [0.1, 0.15) is 17.4 Å². The molecule has 2 aromatic carbocycles. The Morgan fingerprint density at radius 1 is 1.03 bits per heavy atom. The first-order valence-electron chi connectivity index (χ1n) is 10.6. The summed E-state index contributed by atoms with van der Waals surface area (Å²) in [5.74, 6) is 2.56. The van der Waals surface area contributed by atoms with Gasteiger partial charge in [-0.25, -0.2) is 9.98 Å². The Labute approximate surface area is 185 Å². The molecule has 32 heavy (non-hydrogen) atoms. The van der Waals surface area contributed by atoms with Gasteiger partial charge in [0.05, 0.1) is 37.2 Å². The summed E-state index contributed by atoms with van der Waals surface area (Å²) in [6.45, 7) is 2.02. The summed E-state index contributed by atoms with van der Waals surface area (Å²) in [5.41, 5.74) is 4.19. The minimum atomic E-state index is -0.111. The van der Waals surface area contributed by atoms with E-state index in [1.54, 1.807) is 7.11 Å². The molecule has 0 fully saturated rings. The number of hydrogen-bond acceptors (Lipinski definition) is 7. The molecule has 2 aliphatic rings. The Balaban J connectivity index is 1.41. The lowest BCUT2D eigenvalue weighted by atomic mass is 10.1. The van der Waals surface area contributed by atoms with Gasteiger partial charge in [-0.1, -0.05) is 30.3 Å². The Morgan fingerprint density at radius 3 is 2.69 bits per heavy atom. The summed E-state index contributed by atoms with van der Waals surface area (Å²) in [4.78, 5) is 18.7. The van der Waals surface area contributed by atoms with Crippen LogP contribution in [0.25, 0.3) is 11.0 Å². The van der Waals surface area contributed by atoms with Crippen LogP contribution in [-0.2, 0) is 6.54 Å². The highest BCUT2D eigenvalue weighted by molar-refractivity contribution is 5.98. The van der Waals surface area contributed by atoms with E-state index in [2.05, 4.69) is 55.0 Å². The Kier molecular flexibility index (Phi) is 4.50. The lowest BCUT2D eigenvalue weighted by molar-refractivity contribution is 0.261. The molecule has 6 rings (SSSR count). The molecule has 8 heteroatoms. The normalized spacial score (nSPS) is 18.0. The van der Waals surface area contributed by atoms with Crippen molar-refractivity contribution in [3.8, 4) is 5.75 Å². The summed E-state index contributed by atoms with van der Waals surface area (Å²) in [6, 6.07) is 22.4. The zero-order valence-corrected chi connectivity index (χ0v) is 17.7. The van der Waals surface area contributed by atoms with E-state index in [0.29, 0.717) is 13.3 Å². The molecule has 160 valence electrons. The molecule has 2 aliphatic heterocycles. The number of anilines is 1. The SMILES string of the molecule is COc1ccc([C@@H]2NC3=NCN(Cc4ccccn4)CN3c3nc4ccccc4n32)cc1. The van der Waals surface area contributed by atoms with Crippen molar-refractivity contribution < 1.29 is 4.74 Å². The molecule has 8 nitrogen and oxygen atoms in total. The summed E-state index contributed by atoms with van der Waals surface area (Å²) < 4.78 is 7.60. The number of pyridine rings is 1. The second-order valence-corrected chi connectivity index (χ2v) is 7.93. The number of nitrogens with one attached hydrogen (secondary N) is 1. The van der Waals surface area contributed by atoms with E-state index in [1.165, 1.54) is 0 Å². The topological polar surface area (TPSA) is 70.8 Å². The Hall–Kier alpha value is -3.91. The second kappa shape index (κ2) is 7.65. The summed E-state index contributed by atoms with van der Waals surface area (Å²) in [5, 5.41) is 3.64. The van der Waals surface area contributed by atoms with E-state index in [4.69, 9.17) is 14.7 Å². The number of rotatable bonds is 4. The average Bonchev–Trinajstić information content (AvgIpc) is 3.24. The number of imidazole rings is 1. The molecule has 0 radical (unpaired) electrons. The molecule has 0 spiro atoms. The molecule has 1 atom stereocenters. The van der Waals surface area contributed by atoms with Gasteiger partial charge in [0.1, 0.15) is 11.9 Å². The fourth-order valence-corrected chi connectivity index (χ4v) is 4.35. The van der Waals surface area contributed by atoms with Crippen molar-refractivity contribution in [3.63, 3.8) is 0 Å². The number of methoxy groups -OCH3 is 1. The van der Waals surface area contributed by atoms with Gasteiger partial charge in [-0.15, -0.1) is 0 Å². The van der Waals surface area contributed by atoms with Gasteiger partial charge in [0, 0.05) is 12.7 Å². The van der Waals surface area contributed by atoms with E-state index in [-0.39, 0.29) is 6.17 Å². The van der Waals surface area contributed by atoms with Gasteiger partial charge < -0.3 is 10.1 Å². The minimum absolute atomic E-state index is 0.111. The molecular formula is C24H23N7O. The molecule has 4 heterocycles. The quantitative estimate of drug-likeness (QED) is 0.542. The molecule has 4 aromatic rings. The highest BCUT2D eigenvalue weighted by atomic mass is 16.5. The van der Waals surface area contributed by atoms with E-state index in [9.17, 15) is 0 Å². The lowest BCUT2D eigenvalue weighted by Gasteiger charge is -2.41. The van der Waals surface area contributed by atoms with E-state index in [1.807, 2.05) is 42.6 Å². The summed E-state index contributed by atoms with van der Waals surface area (Å²) in [6.07, 6.45) is 1.72. The number of guanidine groups is 1. The molecule has 0 amide bonds. The van der Waals surface area contributed by atoms with Crippen LogP contribution in [-0.4, -0.2) is 45.8 Å². The van der Waals surface area contributed by atoms with Gasteiger partial charge in [-0.05, 0) is 42.0 Å². The zero-order chi connectivity index (χ0) is 21.5. The third-order valence-electron chi connectivity index (χ3n) is 5.90. The van der Waals surface area contributed by atoms with Crippen molar-refractivity contribution >= 4 is 22.9 Å². The minimum Gasteiger partial charge on any atom is -0.497 e. The van der Waals surface area contributed by atoms with Gasteiger partial charge in [0.25, 0.3) is 0 Å². The fraction of sp³-hybridized carbons (Fsp3) is 0.208. The number of fused-ring (bicyclic) bond motifs is 5. The van der Waals surface area contributed by atoms with Crippen LogP contribution in [0.15, 0.2) is 77.9 Å². The van der Waals surface area contributed by atoms with Gasteiger partial charge in [0.2, 0.25) is 11.9 Å². The van der Waals surface area contributed by atoms with E-state index in [0.717, 1.165) is 46.5 Å². The molecule has 0 saturated heterocycles. The molecule has 0 saturated carbocycles. The monoisotopic (exact) mass is 425 g/mol. The molecular weight excluding hydrogens is 402 g/mol. The van der Waals surface area contributed by atoms with Crippen LogP contribution < -0.4 is 15.0 Å². The molecule has 1 N–H and O–H groups in total. The van der Waals surface area contributed by atoms with Crippen LogP contribution in [0.5, 0.6) is 5.75 Å². The number of hydrogen-bond donors (Lipinski definition) is 1. The van der Waals surface area contributed by atoms with Crippen LogP contribution >= 0.6 is 0 Å². The third kappa shape index (κ3) is 3.16. The maximum Gasteiger partial charge on any atom is 0.216 e. The maximum absolute atomic E-state index is 5.35. The van der Waals surface area contributed by atoms with E-state index >= 15 is 0 Å². The molecule has 0 unspecified atom stereocenters. The number of aromatic nitrogens is 3. The van der Waals surface area contributed by atoms with Crippen molar-refractivity contribution in [1.29, 1.82) is 0 Å². The van der Waals surface area contributed by atoms with Crippen molar-refractivity contribution in [3.05, 3.63) is 84.2 Å². The highest BCUT2D eigenvalue weighted by Gasteiger charge is 2.35. The number of nitrogens with zero attached hydrogens (tertiary/aromatic N) is 6. The van der Waals surface area contributed by atoms with Crippen LogP contribution in [0, 0.1) is 0 Å². The number of para-hydroxylation sites is 2. The van der Waals surface area contributed by atoms with Crippen LogP contribution in [0.2, 0.25) is 0 Å². The van der Waals surface area contributed by atoms with Gasteiger partial charge >= 0.3 is 0 Å². The van der Waals surface area contributed by atoms with Crippen molar-refractivity contribution in [2.45, 2.75) is 12.7 Å². The first kappa shape index (κ1) is 18.8. The van der Waals surface area contributed by atoms with Crippen LogP contribution in [0.3, 0.4) is 0 Å². The standard InChI is InChI=1S/C24H23N7O/c1-32-19-11-9-17(10-12-19)22-28-23-26-15-29(14-18-6-4-5-13-25-18)16-30(23)24-27-20-7-2-3-8-21(20)31(22)24/h2-13,22H,14-16H2,1H3,(H,26,28)/t22-/m1/s1. The molecule has 2 aromatic heterocycles. The first-order valence-corrected chi connectivity index (χ1v) is 10.6. The Morgan fingerprint density at radius 2 is 1.88 bits per heavy atom. The Bertz CT molecular complexity index is 1280. The fourth-order valence-electron chi connectivity index (χ4n) is 4.35. The van der Waals surface area contributed by atoms with Crippen LogP contribution in [0.4, 0.5) is 5.95 Å². The second-order valence-electron chi connectivity index (χ2n) is 7.93. The van der Waals surface area contributed by atoms with Gasteiger partial charge in [0.15, 0.2) is 0 Å². The summed E-state index contributed by atoms with van der Waals surface area (Å²) >= 11 is 0. The lowest BCUT2D eigenvalue weighted by Crippen LogP contribution is -2.57. The predicted octanol–water partition coefficient (Wildman–Crippen LogP) is 3.18. The summed E-state index contributed by atoms with van der Waals surface area (Å²) in [7, 11) is 1.68.